The van der Waals surface area contributed by atoms with Crippen LogP contribution in [-0.4, -0.2) is 35.3 Å². The van der Waals surface area contributed by atoms with Crippen molar-refractivity contribution < 1.29 is 33.6 Å². The van der Waals surface area contributed by atoms with Crippen molar-refractivity contribution in [2.24, 2.45) is 0 Å². The predicted octanol–water partition coefficient (Wildman–Crippen LogP) is 0.605. The fourth-order valence-corrected chi connectivity index (χ4v) is 2.89. The second-order valence-corrected chi connectivity index (χ2v) is 6.91. The lowest BCUT2D eigenvalue weighted by Crippen LogP contribution is -3.00. The molecular formula is C19H23IN2O. The Bertz CT molecular complexity index is 785. The van der Waals surface area contributed by atoms with Crippen molar-refractivity contribution in [2.45, 2.75) is 13.1 Å². The molecule has 1 aromatic heterocycles. The number of phenolic OH excluding ortho intramolecular Hbond substituents is 1. The summed E-state index contributed by atoms with van der Waals surface area (Å²) in [6, 6.07) is 16.0. The smallest absolute Gasteiger partial charge is 0.115 e. The number of para-hydroxylation sites is 1. The normalized spacial score (nSPS) is 11.4. The quantitative estimate of drug-likeness (QED) is 0.484. The van der Waals surface area contributed by atoms with Crippen molar-refractivity contribution in [2.75, 3.05) is 21.1 Å². The number of phenols is 1. The Hall–Kier alpha value is -1.53. The summed E-state index contributed by atoms with van der Waals surface area (Å²) in [5.74, 6) is 0.312. The highest BCUT2D eigenvalue weighted by atomic mass is 127. The maximum atomic E-state index is 9.42. The third-order valence-corrected chi connectivity index (χ3v) is 3.81. The molecule has 0 bridgehead atoms. The third-order valence-electron chi connectivity index (χ3n) is 3.81. The van der Waals surface area contributed by atoms with Crippen molar-refractivity contribution in [1.29, 1.82) is 0 Å². The Morgan fingerprint density at radius 3 is 2.26 bits per heavy atom. The van der Waals surface area contributed by atoms with Crippen LogP contribution in [0, 0.1) is 0 Å². The summed E-state index contributed by atoms with van der Waals surface area (Å²) in [6.07, 6.45) is 2.26. The van der Waals surface area contributed by atoms with Gasteiger partial charge in [-0.2, -0.15) is 0 Å². The van der Waals surface area contributed by atoms with Gasteiger partial charge in [0.25, 0.3) is 0 Å². The van der Waals surface area contributed by atoms with Gasteiger partial charge in [0, 0.05) is 29.2 Å². The van der Waals surface area contributed by atoms with Crippen LogP contribution in [-0.2, 0) is 13.1 Å². The van der Waals surface area contributed by atoms with Gasteiger partial charge < -0.3 is 38.1 Å². The Morgan fingerprint density at radius 2 is 1.61 bits per heavy atom. The second-order valence-electron chi connectivity index (χ2n) is 6.91. The van der Waals surface area contributed by atoms with E-state index in [9.17, 15) is 5.11 Å². The molecule has 3 rings (SSSR count). The average molecular weight is 422 g/mol. The van der Waals surface area contributed by atoms with Gasteiger partial charge in [-0.15, -0.1) is 0 Å². The molecule has 4 heteroatoms. The van der Waals surface area contributed by atoms with E-state index in [0.717, 1.165) is 17.6 Å². The number of hydrogen-bond donors (Lipinski definition) is 1. The number of quaternary nitrogens is 1. The maximum Gasteiger partial charge on any atom is 0.115 e. The van der Waals surface area contributed by atoms with Gasteiger partial charge in [-0.25, -0.2) is 0 Å². The summed E-state index contributed by atoms with van der Waals surface area (Å²) >= 11 is 0. The number of hydrogen-bond acceptors (Lipinski definition) is 1. The Morgan fingerprint density at radius 1 is 0.957 bits per heavy atom. The number of benzene rings is 2. The molecule has 0 aliphatic heterocycles. The summed E-state index contributed by atoms with van der Waals surface area (Å²) < 4.78 is 3.21. The summed E-state index contributed by atoms with van der Waals surface area (Å²) in [5.41, 5.74) is 3.83. The van der Waals surface area contributed by atoms with Gasteiger partial charge in [-0.1, -0.05) is 30.3 Å². The highest BCUT2D eigenvalue weighted by molar-refractivity contribution is 5.83. The fraction of sp³-hybridized carbons (Fsp3) is 0.263. The van der Waals surface area contributed by atoms with Crippen LogP contribution < -0.4 is 24.0 Å². The molecule has 2 aromatic carbocycles. The van der Waals surface area contributed by atoms with Gasteiger partial charge in [0.15, 0.2) is 0 Å². The molecule has 1 heterocycles. The predicted molar refractivity (Wildman–Crippen MR) is 90.9 cm³/mol. The van der Waals surface area contributed by atoms with Crippen LogP contribution in [0.2, 0.25) is 0 Å². The SMILES string of the molecule is C[N+](C)(C)Cc1cn(Cc2ccc(O)cc2)c2ccccc12.[I-]. The van der Waals surface area contributed by atoms with Crippen LogP contribution in [0.1, 0.15) is 11.1 Å². The molecule has 0 unspecified atom stereocenters. The van der Waals surface area contributed by atoms with Crippen molar-refractivity contribution >= 4 is 10.9 Å². The monoisotopic (exact) mass is 422 g/mol. The van der Waals surface area contributed by atoms with Gasteiger partial charge in [-0.05, 0) is 23.8 Å². The van der Waals surface area contributed by atoms with Crippen LogP contribution in [0.4, 0.5) is 0 Å². The minimum atomic E-state index is 0. The number of fused-ring (bicyclic) bond motifs is 1. The van der Waals surface area contributed by atoms with Crippen LogP contribution in [0.3, 0.4) is 0 Å². The Labute approximate surface area is 154 Å². The van der Waals surface area contributed by atoms with E-state index in [2.05, 4.69) is 56.2 Å². The van der Waals surface area contributed by atoms with Crippen molar-refractivity contribution in [3.63, 3.8) is 0 Å². The molecule has 122 valence electrons. The molecule has 1 N–H and O–H groups in total. The van der Waals surface area contributed by atoms with Crippen LogP contribution in [0.15, 0.2) is 54.7 Å². The first-order chi connectivity index (χ1) is 10.4. The Balaban J connectivity index is 0.00000192. The lowest BCUT2D eigenvalue weighted by atomic mass is 10.1. The lowest BCUT2D eigenvalue weighted by Gasteiger charge is -2.23. The minimum Gasteiger partial charge on any atom is -1.00 e. The highest BCUT2D eigenvalue weighted by Crippen LogP contribution is 2.24. The average Bonchev–Trinajstić information content (AvgIpc) is 2.78. The van der Waals surface area contributed by atoms with E-state index in [-0.39, 0.29) is 24.0 Å². The first-order valence-corrected chi connectivity index (χ1v) is 7.57. The van der Waals surface area contributed by atoms with Gasteiger partial charge in [0.05, 0.1) is 21.1 Å². The van der Waals surface area contributed by atoms with E-state index in [1.54, 1.807) is 12.1 Å². The van der Waals surface area contributed by atoms with Gasteiger partial charge in [0.2, 0.25) is 0 Å². The molecular weight excluding hydrogens is 399 g/mol. The zero-order valence-electron chi connectivity index (χ0n) is 13.8. The van der Waals surface area contributed by atoms with E-state index in [1.807, 2.05) is 12.1 Å². The van der Waals surface area contributed by atoms with E-state index in [0.29, 0.717) is 5.75 Å². The molecule has 3 aromatic rings. The van der Waals surface area contributed by atoms with E-state index >= 15 is 0 Å². The van der Waals surface area contributed by atoms with Crippen LogP contribution in [0.25, 0.3) is 10.9 Å². The summed E-state index contributed by atoms with van der Waals surface area (Å²) in [7, 11) is 6.64. The van der Waals surface area contributed by atoms with Crippen molar-refractivity contribution in [1.82, 2.24) is 4.57 Å². The maximum absolute atomic E-state index is 9.42. The second kappa shape index (κ2) is 6.93. The topological polar surface area (TPSA) is 25.2 Å². The zero-order chi connectivity index (χ0) is 15.7. The largest absolute Gasteiger partial charge is 1.00 e. The first-order valence-electron chi connectivity index (χ1n) is 7.57. The summed E-state index contributed by atoms with van der Waals surface area (Å²) in [5, 5.41) is 10.7. The van der Waals surface area contributed by atoms with E-state index in [1.165, 1.54) is 22.0 Å². The molecule has 0 radical (unpaired) electrons. The molecule has 23 heavy (non-hydrogen) atoms. The summed E-state index contributed by atoms with van der Waals surface area (Å²) in [6.45, 7) is 1.82. The summed E-state index contributed by atoms with van der Waals surface area (Å²) in [4.78, 5) is 0. The molecule has 0 amide bonds. The van der Waals surface area contributed by atoms with Crippen LogP contribution >= 0.6 is 0 Å². The number of aromatic nitrogens is 1. The lowest BCUT2D eigenvalue weighted by molar-refractivity contribution is -0.883. The number of halogens is 1. The number of nitrogens with zero attached hydrogens (tertiary/aromatic N) is 2. The molecule has 0 aliphatic rings. The number of rotatable bonds is 4. The van der Waals surface area contributed by atoms with Gasteiger partial charge in [-0.3, -0.25) is 0 Å². The molecule has 0 atom stereocenters. The van der Waals surface area contributed by atoms with E-state index in [4.69, 9.17) is 0 Å². The Kier molecular flexibility index (Phi) is 5.37. The highest BCUT2D eigenvalue weighted by Gasteiger charge is 2.15. The molecule has 0 spiro atoms. The third kappa shape index (κ3) is 4.26. The standard InChI is InChI=1S/C19H22N2O.HI/c1-21(2,3)14-16-13-20(19-7-5-4-6-18(16)19)12-15-8-10-17(22)11-9-15;/h4-11,13H,12,14H2,1-3H3;1H. The zero-order valence-corrected chi connectivity index (χ0v) is 16.0. The first kappa shape index (κ1) is 17.8. The van der Waals surface area contributed by atoms with Crippen molar-refractivity contribution in [3.05, 3.63) is 65.9 Å². The number of aromatic hydroxyl groups is 1. The fourth-order valence-electron chi connectivity index (χ4n) is 2.89. The molecule has 3 nitrogen and oxygen atoms in total. The van der Waals surface area contributed by atoms with Gasteiger partial charge in [0.1, 0.15) is 12.3 Å². The minimum absolute atomic E-state index is 0. The molecule has 0 saturated heterocycles. The molecule has 0 fully saturated rings. The van der Waals surface area contributed by atoms with Crippen LogP contribution in [0.5, 0.6) is 5.75 Å². The molecule has 0 saturated carbocycles. The van der Waals surface area contributed by atoms with Crippen molar-refractivity contribution in [3.8, 4) is 5.75 Å². The van der Waals surface area contributed by atoms with Gasteiger partial charge >= 0.3 is 0 Å². The molecule has 0 aliphatic carbocycles. The van der Waals surface area contributed by atoms with E-state index < -0.39 is 0 Å².